The Morgan fingerprint density at radius 3 is 1.09 bits per heavy atom. The maximum Gasteiger partial charge on any atom is 0.489 e. The number of hydrogen-bond donors (Lipinski definition) is 2. The monoisotopic (exact) mass is 760 g/mol. The maximum atomic E-state index is 9.66. The van der Waals surface area contributed by atoms with Crippen LogP contribution in [0.3, 0.4) is 0 Å². The van der Waals surface area contributed by atoms with Gasteiger partial charge in [0.25, 0.3) is 0 Å². The summed E-state index contributed by atoms with van der Waals surface area (Å²) in [5, 5.41) is 24.4. The van der Waals surface area contributed by atoms with Gasteiger partial charge >= 0.3 is 7.12 Å². The average Bonchev–Trinajstić information content (AvgIpc) is 3.75. The van der Waals surface area contributed by atoms with Crippen LogP contribution in [-0.2, 0) is 0 Å². The van der Waals surface area contributed by atoms with E-state index >= 15 is 0 Å². The molecule has 6 heteroatoms. The predicted molar refractivity (Wildman–Crippen MR) is 230 cm³/mol. The second-order valence-electron chi connectivity index (χ2n) is 13.3. The van der Waals surface area contributed by atoms with Crippen LogP contribution in [0.1, 0.15) is 0 Å². The number of nitrogens with zero attached hydrogens (tertiary/aromatic N) is 2. The topological polar surface area (TPSA) is 50.3 Å². The highest BCUT2D eigenvalue weighted by Crippen LogP contribution is 2.35. The van der Waals surface area contributed by atoms with Gasteiger partial charge in [0.1, 0.15) is 0 Å². The zero-order valence-electron chi connectivity index (χ0n) is 29.2. The molecule has 0 unspecified atom stereocenters. The number of halogens is 1. The summed E-state index contributed by atoms with van der Waals surface area (Å²) >= 11 is 3.65. The first-order valence-corrected chi connectivity index (χ1v) is 18.7. The Hall–Kier alpha value is -6.18. The fourth-order valence-electron chi connectivity index (χ4n) is 7.66. The van der Waals surface area contributed by atoms with Crippen molar-refractivity contribution in [2.45, 2.75) is 0 Å². The Balaban J connectivity index is 0.000000143. The SMILES string of the molecule is Brc1ccccc1-c1ccc(-n2c3ccccc3c3ccccc32)cc1.OB(O)c1ccccc1-c1ccc(-n2c3ccccc3c3ccccc32)cc1. The van der Waals surface area contributed by atoms with E-state index < -0.39 is 7.12 Å². The molecule has 0 saturated heterocycles. The van der Waals surface area contributed by atoms with E-state index in [9.17, 15) is 10.0 Å². The van der Waals surface area contributed by atoms with Crippen LogP contribution >= 0.6 is 15.9 Å². The minimum absolute atomic E-state index is 0.507. The lowest BCUT2D eigenvalue weighted by Crippen LogP contribution is -2.31. The maximum absolute atomic E-state index is 9.66. The molecule has 0 aliphatic carbocycles. The van der Waals surface area contributed by atoms with E-state index in [-0.39, 0.29) is 0 Å². The van der Waals surface area contributed by atoms with Gasteiger partial charge in [0.15, 0.2) is 0 Å². The molecule has 2 heterocycles. The molecule has 2 N–H and O–H groups in total. The van der Waals surface area contributed by atoms with E-state index in [1.807, 2.05) is 36.4 Å². The fourth-order valence-corrected chi connectivity index (χ4v) is 8.18. The minimum atomic E-state index is -1.49. The van der Waals surface area contributed by atoms with Gasteiger partial charge in [-0.15, -0.1) is 0 Å². The van der Waals surface area contributed by atoms with Crippen LogP contribution in [0.2, 0.25) is 0 Å². The first-order valence-electron chi connectivity index (χ1n) is 17.9. The smallest absolute Gasteiger partial charge is 0.423 e. The van der Waals surface area contributed by atoms with Crippen molar-refractivity contribution in [3.8, 4) is 33.6 Å². The number of benzene rings is 8. The van der Waals surface area contributed by atoms with Crippen molar-refractivity contribution >= 4 is 72.1 Å². The molecule has 2 aromatic heterocycles. The van der Waals surface area contributed by atoms with E-state index in [2.05, 4.69) is 177 Å². The van der Waals surface area contributed by atoms with Crippen LogP contribution < -0.4 is 5.46 Å². The molecule has 0 aliphatic heterocycles. The molecule has 258 valence electrons. The highest BCUT2D eigenvalue weighted by atomic mass is 79.9. The van der Waals surface area contributed by atoms with Gasteiger partial charge in [-0.25, -0.2) is 0 Å². The van der Waals surface area contributed by atoms with Crippen LogP contribution in [-0.4, -0.2) is 26.3 Å². The van der Waals surface area contributed by atoms with Gasteiger partial charge in [0, 0.05) is 37.4 Å². The normalized spacial score (nSPS) is 11.2. The van der Waals surface area contributed by atoms with E-state index in [0.717, 1.165) is 21.3 Å². The molecular weight excluding hydrogens is 727 g/mol. The van der Waals surface area contributed by atoms with E-state index in [4.69, 9.17) is 0 Å². The molecule has 10 aromatic rings. The Labute approximate surface area is 322 Å². The number of hydrogen-bond acceptors (Lipinski definition) is 2. The van der Waals surface area contributed by atoms with Crippen LogP contribution in [0.25, 0.3) is 77.2 Å². The third-order valence-corrected chi connectivity index (χ3v) is 10.8. The summed E-state index contributed by atoms with van der Waals surface area (Å²) in [7, 11) is -1.49. The molecule has 0 atom stereocenters. The van der Waals surface area contributed by atoms with Crippen molar-refractivity contribution in [3.63, 3.8) is 0 Å². The number of fused-ring (bicyclic) bond motifs is 6. The van der Waals surface area contributed by atoms with Crippen LogP contribution in [0, 0.1) is 0 Å². The lowest BCUT2D eigenvalue weighted by Gasteiger charge is -2.11. The fraction of sp³-hybridized carbons (Fsp3) is 0. The summed E-state index contributed by atoms with van der Waals surface area (Å²) in [5.74, 6) is 0. The predicted octanol–water partition coefficient (Wildman–Crippen LogP) is 11.3. The van der Waals surface area contributed by atoms with Crippen LogP contribution in [0.4, 0.5) is 0 Å². The molecule has 0 bridgehead atoms. The molecular formula is C48H34BBrN2O2. The minimum Gasteiger partial charge on any atom is -0.423 e. The summed E-state index contributed by atoms with van der Waals surface area (Å²) in [6.45, 7) is 0. The highest BCUT2D eigenvalue weighted by molar-refractivity contribution is 9.10. The molecule has 54 heavy (non-hydrogen) atoms. The molecule has 0 fully saturated rings. The number of para-hydroxylation sites is 4. The van der Waals surface area contributed by atoms with E-state index in [1.54, 1.807) is 6.07 Å². The molecule has 0 radical (unpaired) electrons. The summed E-state index contributed by atoms with van der Waals surface area (Å²) in [4.78, 5) is 0. The molecule has 0 amide bonds. The quantitative estimate of drug-likeness (QED) is 0.172. The molecule has 4 nitrogen and oxygen atoms in total. The summed E-state index contributed by atoms with van der Waals surface area (Å²) < 4.78 is 5.72. The van der Waals surface area contributed by atoms with Gasteiger partial charge in [-0.2, -0.15) is 0 Å². The van der Waals surface area contributed by atoms with Gasteiger partial charge in [-0.05, 0) is 82.3 Å². The van der Waals surface area contributed by atoms with E-state index in [1.165, 1.54) is 60.4 Å². The number of aromatic nitrogens is 2. The second-order valence-corrected chi connectivity index (χ2v) is 14.1. The largest absolute Gasteiger partial charge is 0.489 e. The van der Waals surface area contributed by atoms with Gasteiger partial charge < -0.3 is 19.2 Å². The Kier molecular flexibility index (Phi) is 8.93. The molecule has 0 aliphatic rings. The highest BCUT2D eigenvalue weighted by Gasteiger charge is 2.17. The first-order chi connectivity index (χ1) is 26.6. The zero-order valence-corrected chi connectivity index (χ0v) is 30.8. The second kappa shape index (κ2) is 14.3. The molecule has 8 aromatic carbocycles. The van der Waals surface area contributed by atoms with Crippen molar-refractivity contribution in [1.29, 1.82) is 0 Å². The van der Waals surface area contributed by atoms with Crippen molar-refractivity contribution in [2.24, 2.45) is 0 Å². The Morgan fingerprint density at radius 1 is 0.352 bits per heavy atom. The van der Waals surface area contributed by atoms with Crippen LogP contribution in [0.15, 0.2) is 199 Å². The number of rotatable bonds is 5. The zero-order chi connectivity index (χ0) is 36.6. The summed E-state index contributed by atoms with van der Waals surface area (Å²) in [6, 6.07) is 66.7. The van der Waals surface area contributed by atoms with Crippen molar-refractivity contribution in [3.05, 3.63) is 199 Å². The van der Waals surface area contributed by atoms with Crippen LogP contribution in [0.5, 0.6) is 0 Å². The standard InChI is InChI=1S/C24H18BNO2.C24H16BrN/c27-25(28)22-10-4-1-7-19(22)17-13-15-18(16-14-17)26-23-11-5-2-8-20(23)21-9-3-6-12-24(21)26;25-22-10-4-1-7-19(22)17-13-15-18(16-14-17)26-23-11-5-2-8-20(23)21-9-3-6-12-24(21)26/h1-16,27-28H;1-16H. The van der Waals surface area contributed by atoms with Gasteiger partial charge in [-0.1, -0.05) is 155 Å². The van der Waals surface area contributed by atoms with Crippen molar-refractivity contribution < 1.29 is 10.0 Å². The third-order valence-electron chi connectivity index (χ3n) is 10.1. The van der Waals surface area contributed by atoms with E-state index in [0.29, 0.717) is 5.46 Å². The summed E-state index contributed by atoms with van der Waals surface area (Å²) in [5.41, 5.74) is 11.8. The Morgan fingerprint density at radius 2 is 0.685 bits per heavy atom. The molecule has 0 saturated carbocycles. The van der Waals surface area contributed by atoms with Crippen molar-refractivity contribution in [1.82, 2.24) is 9.13 Å². The first kappa shape index (κ1) is 33.6. The Bertz CT molecular complexity index is 2820. The van der Waals surface area contributed by atoms with Gasteiger partial charge in [-0.3, -0.25) is 0 Å². The van der Waals surface area contributed by atoms with Gasteiger partial charge in [0.2, 0.25) is 0 Å². The van der Waals surface area contributed by atoms with Crippen molar-refractivity contribution in [2.75, 3.05) is 0 Å². The molecule has 0 spiro atoms. The molecule has 10 rings (SSSR count). The average molecular weight is 762 g/mol. The third kappa shape index (κ3) is 6.01. The summed E-state index contributed by atoms with van der Waals surface area (Å²) in [6.07, 6.45) is 0. The van der Waals surface area contributed by atoms with Gasteiger partial charge in [0.05, 0.1) is 22.1 Å². The lowest BCUT2D eigenvalue weighted by atomic mass is 9.75. The lowest BCUT2D eigenvalue weighted by molar-refractivity contribution is 0.426.